The second-order valence-electron chi connectivity index (χ2n) is 4.57. The largest absolute Gasteiger partial charge is 0.351 e. The number of carbonyl (C=O) groups excluding carboxylic acids is 1. The zero-order chi connectivity index (χ0) is 15.5. The molecule has 7 heteroatoms. The predicted octanol–water partition coefficient (Wildman–Crippen LogP) is 2.65. The van der Waals surface area contributed by atoms with E-state index in [1.54, 1.807) is 30.6 Å². The molecule has 0 aliphatic carbocycles. The number of anilines is 1. The minimum atomic E-state index is -0.573. The molecule has 0 saturated carbocycles. The fourth-order valence-corrected chi connectivity index (χ4v) is 3.02. The maximum atomic E-state index is 11.8. The first-order chi connectivity index (χ1) is 10.7. The summed E-state index contributed by atoms with van der Waals surface area (Å²) in [7, 11) is 0. The van der Waals surface area contributed by atoms with E-state index in [9.17, 15) is 4.79 Å². The van der Waals surface area contributed by atoms with Gasteiger partial charge in [-0.1, -0.05) is 11.3 Å². The number of thiazole rings is 1. The van der Waals surface area contributed by atoms with Crippen molar-refractivity contribution in [1.29, 1.82) is 5.26 Å². The van der Waals surface area contributed by atoms with Gasteiger partial charge in [0.05, 0.1) is 28.4 Å². The van der Waals surface area contributed by atoms with Gasteiger partial charge in [-0.2, -0.15) is 5.26 Å². The molecule has 2 heterocycles. The normalized spacial score (nSPS) is 10.3. The Hall–Kier alpha value is -2.98. The topological polar surface area (TPSA) is 95.9 Å². The molecule has 0 fully saturated rings. The van der Waals surface area contributed by atoms with E-state index in [1.165, 1.54) is 16.2 Å². The van der Waals surface area contributed by atoms with Crippen LogP contribution in [-0.2, 0) is 6.54 Å². The van der Waals surface area contributed by atoms with Crippen LogP contribution in [0.25, 0.3) is 10.2 Å². The van der Waals surface area contributed by atoms with Crippen LogP contribution in [-0.4, -0.2) is 16.0 Å². The van der Waals surface area contributed by atoms with Gasteiger partial charge in [0, 0.05) is 12.4 Å². The SMILES string of the molecule is N#Cc1ccc2nc(N(Cc3ccncc3)C(N)=O)sc2c1. The number of fused-ring (bicyclic) bond motifs is 1. The number of amides is 2. The Morgan fingerprint density at radius 3 is 2.77 bits per heavy atom. The summed E-state index contributed by atoms with van der Waals surface area (Å²) in [6.45, 7) is 0.322. The number of hydrogen-bond donors (Lipinski definition) is 1. The van der Waals surface area contributed by atoms with Crippen LogP contribution in [0.4, 0.5) is 9.93 Å². The number of nitrogens with zero attached hydrogens (tertiary/aromatic N) is 4. The molecule has 0 bridgehead atoms. The Bertz CT molecular complexity index is 869. The molecule has 6 nitrogen and oxygen atoms in total. The van der Waals surface area contributed by atoms with Crippen LogP contribution in [0.1, 0.15) is 11.1 Å². The maximum absolute atomic E-state index is 11.8. The van der Waals surface area contributed by atoms with Crippen molar-refractivity contribution in [3.8, 4) is 6.07 Å². The first-order valence-electron chi connectivity index (χ1n) is 6.44. The van der Waals surface area contributed by atoms with E-state index >= 15 is 0 Å². The summed E-state index contributed by atoms with van der Waals surface area (Å²) in [5.74, 6) is 0. The quantitative estimate of drug-likeness (QED) is 0.804. The Balaban J connectivity index is 1.98. The van der Waals surface area contributed by atoms with Gasteiger partial charge in [0.2, 0.25) is 0 Å². The van der Waals surface area contributed by atoms with Crippen LogP contribution in [0.3, 0.4) is 0 Å². The zero-order valence-electron chi connectivity index (χ0n) is 11.4. The molecule has 0 spiro atoms. The number of hydrogen-bond acceptors (Lipinski definition) is 5. The van der Waals surface area contributed by atoms with E-state index in [4.69, 9.17) is 11.0 Å². The number of nitriles is 1. The van der Waals surface area contributed by atoms with Gasteiger partial charge >= 0.3 is 6.03 Å². The van der Waals surface area contributed by atoms with E-state index in [0.29, 0.717) is 17.2 Å². The van der Waals surface area contributed by atoms with Crippen molar-refractivity contribution in [2.75, 3.05) is 4.90 Å². The monoisotopic (exact) mass is 309 g/mol. The van der Waals surface area contributed by atoms with E-state index in [2.05, 4.69) is 16.0 Å². The third-order valence-electron chi connectivity index (χ3n) is 3.09. The summed E-state index contributed by atoms with van der Waals surface area (Å²) < 4.78 is 0.843. The average Bonchev–Trinajstić information content (AvgIpc) is 2.95. The van der Waals surface area contributed by atoms with Gasteiger partial charge in [-0.3, -0.25) is 9.88 Å². The number of pyridine rings is 1. The first kappa shape index (κ1) is 14.0. The van der Waals surface area contributed by atoms with E-state index < -0.39 is 6.03 Å². The van der Waals surface area contributed by atoms with Crippen LogP contribution >= 0.6 is 11.3 Å². The molecule has 1 aromatic carbocycles. The second kappa shape index (κ2) is 5.79. The summed E-state index contributed by atoms with van der Waals surface area (Å²) in [4.78, 5) is 21.5. The maximum Gasteiger partial charge on any atom is 0.321 e. The second-order valence-corrected chi connectivity index (χ2v) is 5.58. The molecule has 22 heavy (non-hydrogen) atoms. The number of primary amides is 1. The highest BCUT2D eigenvalue weighted by Crippen LogP contribution is 2.30. The predicted molar refractivity (Wildman–Crippen MR) is 84.3 cm³/mol. The average molecular weight is 309 g/mol. The van der Waals surface area contributed by atoms with Crippen molar-refractivity contribution in [3.05, 3.63) is 53.9 Å². The van der Waals surface area contributed by atoms with Gasteiger partial charge in [0.25, 0.3) is 0 Å². The third-order valence-corrected chi connectivity index (χ3v) is 4.13. The molecule has 3 aromatic rings. The van der Waals surface area contributed by atoms with Crippen LogP contribution < -0.4 is 10.6 Å². The summed E-state index contributed by atoms with van der Waals surface area (Å²) >= 11 is 1.33. The first-order valence-corrected chi connectivity index (χ1v) is 7.25. The Morgan fingerprint density at radius 2 is 2.09 bits per heavy atom. The van der Waals surface area contributed by atoms with Crippen LogP contribution in [0.5, 0.6) is 0 Å². The van der Waals surface area contributed by atoms with Gasteiger partial charge in [-0.15, -0.1) is 0 Å². The number of rotatable bonds is 3. The molecule has 0 aliphatic rings. The van der Waals surface area contributed by atoms with Crippen molar-refractivity contribution in [1.82, 2.24) is 9.97 Å². The highest BCUT2D eigenvalue weighted by Gasteiger charge is 2.17. The minimum absolute atomic E-state index is 0.322. The fourth-order valence-electron chi connectivity index (χ4n) is 2.01. The van der Waals surface area contributed by atoms with Crippen LogP contribution in [0, 0.1) is 11.3 Å². The number of nitrogens with two attached hydrogens (primary N) is 1. The van der Waals surface area contributed by atoms with Crippen molar-refractivity contribution < 1.29 is 4.79 Å². The fraction of sp³-hybridized carbons (Fsp3) is 0.0667. The van der Waals surface area contributed by atoms with E-state index in [1.807, 2.05) is 12.1 Å². The number of urea groups is 1. The number of carbonyl (C=O) groups is 1. The van der Waals surface area contributed by atoms with Crippen LogP contribution in [0.2, 0.25) is 0 Å². The lowest BCUT2D eigenvalue weighted by Gasteiger charge is -2.16. The molecule has 2 N–H and O–H groups in total. The van der Waals surface area contributed by atoms with Gasteiger partial charge < -0.3 is 5.73 Å². The lowest BCUT2D eigenvalue weighted by atomic mass is 10.2. The molecule has 0 radical (unpaired) electrons. The molecule has 2 aromatic heterocycles. The van der Waals surface area contributed by atoms with Gasteiger partial charge in [0.1, 0.15) is 0 Å². The van der Waals surface area contributed by atoms with E-state index in [-0.39, 0.29) is 0 Å². The number of aromatic nitrogens is 2. The Morgan fingerprint density at radius 1 is 1.32 bits per heavy atom. The van der Waals surface area contributed by atoms with Gasteiger partial charge in [-0.05, 0) is 35.9 Å². The van der Waals surface area contributed by atoms with Crippen molar-refractivity contribution in [2.45, 2.75) is 6.54 Å². The molecule has 0 aliphatic heterocycles. The molecule has 2 amide bonds. The molecular formula is C15H11N5OS. The Kier molecular flexibility index (Phi) is 3.68. The van der Waals surface area contributed by atoms with E-state index in [0.717, 1.165) is 15.8 Å². The lowest BCUT2D eigenvalue weighted by molar-refractivity contribution is 0.253. The molecular weight excluding hydrogens is 298 g/mol. The van der Waals surface area contributed by atoms with Crippen molar-refractivity contribution in [3.63, 3.8) is 0 Å². The highest BCUT2D eigenvalue weighted by atomic mass is 32.1. The van der Waals surface area contributed by atoms with Crippen molar-refractivity contribution >= 4 is 32.7 Å². The smallest absolute Gasteiger partial charge is 0.321 e. The minimum Gasteiger partial charge on any atom is -0.351 e. The molecule has 3 rings (SSSR count). The van der Waals surface area contributed by atoms with Crippen molar-refractivity contribution in [2.24, 2.45) is 5.73 Å². The third kappa shape index (κ3) is 2.73. The summed E-state index contributed by atoms with van der Waals surface area (Å²) in [6, 6.07) is 10.4. The molecule has 0 saturated heterocycles. The standard InChI is InChI=1S/C15H11N5OS/c16-8-11-1-2-12-13(7-11)22-15(19-12)20(14(17)21)9-10-3-5-18-6-4-10/h1-7H,9H2,(H2,17,21). The van der Waals surface area contributed by atoms with Crippen LogP contribution in [0.15, 0.2) is 42.7 Å². The highest BCUT2D eigenvalue weighted by molar-refractivity contribution is 7.22. The summed E-state index contributed by atoms with van der Waals surface area (Å²) in [5, 5.41) is 9.45. The molecule has 0 atom stereocenters. The summed E-state index contributed by atoms with van der Waals surface area (Å²) in [5.41, 5.74) is 7.68. The lowest BCUT2D eigenvalue weighted by Crippen LogP contribution is -2.35. The van der Waals surface area contributed by atoms with Gasteiger partial charge in [-0.25, -0.2) is 9.78 Å². The number of benzene rings is 1. The zero-order valence-corrected chi connectivity index (χ0v) is 12.2. The summed E-state index contributed by atoms with van der Waals surface area (Å²) in [6.07, 6.45) is 3.32. The molecule has 108 valence electrons. The van der Waals surface area contributed by atoms with Gasteiger partial charge in [0.15, 0.2) is 5.13 Å². The Labute approximate surface area is 130 Å². The molecule has 0 unspecified atom stereocenters.